The Balaban J connectivity index is 2.36. The second-order valence-corrected chi connectivity index (χ2v) is 3.15. The Morgan fingerprint density at radius 3 is 2.75 bits per heavy atom. The van der Waals surface area contributed by atoms with E-state index >= 15 is 0 Å². The van der Waals surface area contributed by atoms with Crippen molar-refractivity contribution >= 4 is 14.9 Å². The molecule has 1 nitrogen and oxygen atoms in total. The minimum Gasteiger partial charge on any atom is -0.359 e. The molecule has 0 aliphatic carbocycles. The summed E-state index contributed by atoms with van der Waals surface area (Å²) in [6.07, 6.45) is 2.08. The van der Waals surface area contributed by atoms with Crippen molar-refractivity contribution in [3.8, 4) is 0 Å². The van der Waals surface area contributed by atoms with Gasteiger partial charge in [-0.1, -0.05) is 36.4 Å². The highest BCUT2D eigenvalue weighted by Gasteiger charge is 1.81. The predicted octanol–water partition coefficient (Wildman–Crippen LogP) is 3.29. The molecule has 0 amide bonds. The molecule has 1 aromatic rings. The molecule has 0 aliphatic rings. The zero-order valence-electron chi connectivity index (χ0n) is 7.16. The summed E-state index contributed by atoms with van der Waals surface area (Å²) < 4.78 is 5.20. The Bertz CT molecular complexity index is 231. The Kier molecular flexibility index (Phi) is 4.67. The fourth-order valence-electron chi connectivity index (χ4n) is 0.826. The van der Waals surface area contributed by atoms with Crippen LogP contribution in [0.25, 0.3) is 6.08 Å². The minimum atomic E-state index is 0.477. The molecule has 64 valence electrons. The molecule has 0 spiro atoms. The van der Waals surface area contributed by atoms with E-state index in [1.807, 2.05) is 25.1 Å². The first-order valence-corrected chi connectivity index (χ1v) is 5.01. The van der Waals surface area contributed by atoms with E-state index < -0.39 is 0 Å². The lowest BCUT2D eigenvalue weighted by atomic mass is 10.2. The van der Waals surface area contributed by atoms with Gasteiger partial charge in [0, 0.05) is 15.4 Å². The zero-order valence-corrected chi connectivity index (χ0v) is 8.16. The fraction of sp³-hybridized carbons (Fsp3) is 0.200. The fourth-order valence-corrected chi connectivity index (χ4v) is 1.35. The van der Waals surface area contributed by atoms with Crippen LogP contribution in [0.1, 0.15) is 12.5 Å². The van der Waals surface area contributed by atoms with E-state index in [1.54, 1.807) is 0 Å². The topological polar surface area (TPSA) is 9.23 Å². The van der Waals surface area contributed by atoms with Crippen molar-refractivity contribution in [1.82, 2.24) is 0 Å². The molecule has 0 aliphatic heterocycles. The van der Waals surface area contributed by atoms with Crippen LogP contribution in [0.5, 0.6) is 0 Å². The van der Waals surface area contributed by atoms with Gasteiger partial charge in [0.15, 0.2) is 0 Å². The summed E-state index contributed by atoms with van der Waals surface area (Å²) in [5.74, 6) is 2.05. The first kappa shape index (κ1) is 9.44. The molecule has 1 atom stereocenters. The molecule has 1 unspecified atom stereocenters. The van der Waals surface area contributed by atoms with Crippen molar-refractivity contribution in [3.63, 3.8) is 0 Å². The smallest absolute Gasteiger partial charge is 0.0481 e. The van der Waals surface area contributed by atoms with E-state index in [1.165, 1.54) is 5.56 Å². The molecule has 0 fully saturated rings. The van der Waals surface area contributed by atoms with Crippen LogP contribution >= 0.6 is 8.81 Å². The van der Waals surface area contributed by atoms with Crippen molar-refractivity contribution in [2.24, 2.45) is 0 Å². The summed E-state index contributed by atoms with van der Waals surface area (Å²) in [6.45, 7) is 2.79. The van der Waals surface area contributed by atoms with Crippen LogP contribution in [0.15, 0.2) is 36.1 Å². The summed E-state index contributed by atoms with van der Waals surface area (Å²) >= 11 is 0. The molecule has 0 saturated heterocycles. The number of rotatable bonds is 4. The van der Waals surface area contributed by atoms with Crippen LogP contribution in [0.2, 0.25) is 0 Å². The van der Waals surface area contributed by atoms with Gasteiger partial charge in [0.05, 0.1) is 0 Å². The molecule has 0 aromatic heterocycles. The highest BCUT2D eigenvalue weighted by molar-refractivity contribution is 7.36. The predicted molar refractivity (Wildman–Crippen MR) is 55.4 cm³/mol. The van der Waals surface area contributed by atoms with Crippen LogP contribution in [0, 0.1) is 0 Å². The molecule has 12 heavy (non-hydrogen) atoms. The first-order valence-electron chi connectivity index (χ1n) is 4.02. The Morgan fingerprint density at radius 2 is 2.08 bits per heavy atom. The van der Waals surface area contributed by atoms with Crippen LogP contribution in [-0.4, -0.2) is 6.61 Å². The number of benzene rings is 1. The van der Waals surface area contributed by atoms with Crippen LogP contribution in [0.3, 0.4) is 0 Å². The molecule has 0 bridgehead atoms. The molecule has 1 aromatic carbocycles. The third kappa shape index (κ3) is 3.66. The third-order valence-corrected chi connectivity index (χ3v) is 2.13. The lowest BCUT2D eigenvalue weighted by Crippen LogP contribution is -1.70. The van der Waals surface area contributed by atoms with E-state index in [9.17, 15) is 0 Å². The van der Waals surface area contributed by atoms with E-state index in [0.29, 0.717) is 8.81 Å². The standard InChI is InChI=1S/C10H13OP/c1-2-11-12-9-8-10-6-4-3-5-7-10/h3-9,12H,2H2,1H3. The van der Waals surface area contributed by atoms with Crippen molar-refractivity contribution in [2.45, 2.75) is 6.92 Å². The van der Waals surface area contributed by atoms with Crippen molar-refractivity contribution in [1.29, 1.82) is 0 Å². The van der Waals surface area contributed by atoms with Crippen LogP contribution < -0.4 is 0 Å². The number of hydrogen-bond acceptors (Lipinski definition) is 1. The van der Waals surface area contributed by atoms with Gasteiger partial charge in [0.2, 0.25) is 0 Å². The van der Waals surface area contributed by atoms with E-state index in [-0.39, 0.29) is 0 Å². The van der Waals surface area contributed by atoms with Crippen LogP contribution in [-0.2, 0) is 4.52 Å². The molecular weight excluding hydrogens is 167 g/mol. The summed E-state index contributed by atoms with van der Waals surface area (Å²) in [6, 6.07) is 10.2. The maximum atomic E-state index is 5.20. The normalized spacial score (nSPS) is 11.8. The molecule has 0 heterocycles. The van der Waals surface area contributed by atoms with Gasteiger partial charge in [-0.15, -0.1) is 0 Å². The highest BCUT2D eigenvalue weighted by atomic mass is 31.1. The van der Waals surface area contributed by atoms with E-state index in [2.05, 4.69) is 24.0 Å². The number of hydrogen-bond donors (Lipinski definition) is 0. The Labute approximate surface area is 75.3 Å². The van der Waals surface area contributed by atoms with E-state index in [4.69, 9.17) is 4.52 Å². The summed E-state index contributed by atoms with van der Waals surface area (Å²) in [7, 11) is 0.477. The zero-order chi connectivity index (χ0) is 8.65. The lowest BCUT2D eigenvalue weighted by Gasteiger charge is -1.93. The quantitative estimate of drug-likeness (QED) is 0.510. The maximum absolute atomic E-state index is 5.20. The van der Waals surface area contributed by atoms with Gasteiger partial charge < -0.3 is 4.52 Å². The summed E-state index contributed by atoms with van der Waals surface area (Å²) in [4.78, 5) is 0. The second kappa shape index (κ2) is 5.93. The monoisotopic (exact) mass is 180 g/mol. The average Bonchev–Trinajstić information content (AvgIpc) is 2.14. The molecule has 0 radical (unpaired) electrons. The summed E-state index contributed by atoms with van der Waals surface area (Å²) in [5, 5.41) is 0. The SMILES string of the molecule is CCOPC=Cc1ccccc1. The van der Waals surface area contributed by atoms with Gasteiger partial charge in [0.25, 0.3) is 0 Å². The highest BCUT2D eigenvalue weighted by Crippen LogP contribution is 2.15. The Hall–Kier alpha value is -0.650. The molecule has 0 saturated carbocycles. The molecule has 2 heteroatoms. The Morgan fingerprint density at radius 1 is 1.33 bits per heavy atom. The van der Waals surface area contributed by atoms with Crippen molar-refractivity contribution < 1.29 is 4.52 Å². The minimum absolute atomic E-state index is 0.477. The average molecular weight is 180 g/mol. The van der Waals surface area contributed by atoms with Gasteiger partial charge in [-0.3, -0.25) is 0 Å². The van der Waals surface area contributed by atoms with Gasteiger partial charge >= 0.3 is 0 Å². The molecular formula is C10H13OP. The second-order valence-electron chi connectivity index (χ2n) is 2.29. The van der Waals surface area contributed by atoms with Gasteiger partial charge in [-0.2, -0.15) is 0 Å². The molecule has 1 rings (SSSR count). The third-order valence-electron chi connectivity index (χ3n) is 1.37. The lowest BCUT2D eigenvalue weighted by molar-refractivity contribution is 0.394. The largest absolute Gasteiger partial charge is 0.359 e. The van der Waals surface area contributed by atoms with E-state index in [0.717, 1.165) is 6.61 Å². The first-order chi connectivity index (χ1) is 5.93. The van der Waals surface area contributed by atoms with Gasteiger partial charge in [-0.05, 0) is 18.3 Å². The van der Waals surface area contributed by atoms with Crippen molar-refractivity contribution in [2.75, 3.05) is 6.61 Å². The van der Waals surface area contributed by atoms with Gasteiger partial charge in [-0.25, -0.2) is 0 Å². The van der Waals surface area contributed by atoms with Gasteiger partial charge in [0.1, 0.15) is 0 Å². The summed E-state index contributed by atoms with van der Waals surface area (Å²) in [5.41, 5.74) is 1.23. The molecule has 0 N–H and O–H groups in total. The van der Waals surface area contributed by atoms with Crippen molar-refractivity contribution in [3.05, 3.63) is 41.7 Å². The maximum Gasteiger partial charge on any atom is 0.0481 e. The van der Waals surface area contributed by atoms with Crippen LogP contribution in [0.4, 0.5) is 0 Å².